The molecule has 6 heteroatoms. The van der Waals surface area contributed by atoms with Crippen molar-refractivity contribution in [2.45, 2.75) is 32.2 Å². The van der Waals surface area contributed by atoms with Gasteiger partial charge in [-0.2, -0.15) is 16.9 Å². The van der Waals surface area contributed by atoms with Crippen LogP contribution in [0.5, 0.6) is 0 Å². The molecule has 0 unspecified atom stereocenters. The molecule has 16 heavy (non-hydrogen) atoms. The summed E-state index contributed by atoms with van der Waals surface area (Å²) in [5, 5.41) is 12.9. The van der Waals surface area contributed by atoms with Crippen molar-refractivity contribution in [1.29, 1.82) is 0 Å². The highest BCUT2D eigenvalue weighted by atomic mass is 32.2. The minimum absolute atomic E-state index is 0.420. The summed E-state index contributed by atoms with van der Waals surface area (Å²) in [4.78, 5) is 10.5. The Bertz CT molecular complexity index is 365. The van der Waals surface area contributed by atoms with Crippen LogP contribution >= 0.6 is 11.8 Å². The maximum Gasteiger partial charge on any atom is 0.321 e. The van der Waals surface area contributed by atoms with Crippen LogP contribution in [0.1, 0.15) is 18.3 Å². The molecule has 0 saturated heterocycles. The molecular weight excluding hydrogens is 226 g/mol. The topological polar surface area (TPSA) is 81.1 Å². The summed E-state index contributed by atoms with van der Waals surface area (Å²) in [6, 6.07) is 1.23. The highest BCUT2D eigenvalue weighted by Gasteiger charge is 2.12. The SMILES string of the molecule is CCn1nc(C)cc1CSC[C@@H](N)C(=O)O. The maximum atomic E-state index is 10.5. The van der Waals surface area contributed by atoms with Crippen LogP contribution in [0.3, 0.4) is 0 Å². The number of thioether (sulfide) groups is 1. The van der Waals surface area contributed by atoms with Crippen LogP contribution in [-0.4, -0.2) is 32.7 Å². The van der Waals surface area contributed by atoms with Crippen molar-refractivity contribution in [3.63, 3.8) is 0 Å². The fraction of sp³-hybridized carbons (Fsp3) is 0.600. The monoisotopic (exact) mass is 243 g/mol. The number of hydrogen-bond donors (Lipinski definition) is 2. The summed E-state index contributed by atoms with van der Waals surface area (Å²) < 4.78 is 1.93. The molecule has 0 bridgehead atoms. The molecule has 1 rings (SSSR count). The number of carboxylic acids is 1. The normalized spacial score (nSPS) is 12.7. The smallest absolute Gasteiger partial charge is 0.321 e. The molecule has 90 valence electrons. The third-order valence-corrected chi connectivity index (χ3v) is 3.24. The van der Waals surface area contributed by atoms with E-state index in [1.807, 2.05) is 24.6 Å². The summed E-state index contributed by atoms with van der Waals surface area (Å²) in [6.45, 7) is 4.81. The molecule has 5 nitrogen and oxygen atoms in total. The molecule has 3 N–H and O–H groups in total. The van der Waals surface area contributed by atoms with E-state index < -0.39 is 12.0 Å². The van der Waals surface area contributed by atoms with Crippen LogP contribution < -0.4 is 5.73 Å². The Kier molecular flexibility index (Phi) is 4.82. The van der Waals surface area contributed by atoms with Gasteiger partial charge < -0.3 is 10.8 Å². The van der Waals surface area contributed by atoms with E-state index in [2.05, 4.69) is 5.10 Å². The molecule has 0 spiro atoms. The zero-order chi connectivity index (χ0) is 12.1. The van der Waals surface area contributed by atoms with E-state index in [-0.39, 0.29) is 0 Å². The fourth-order valence-corrected chi connectivity index (χ4v) is 2.31. The number of aliphatic carboxylic acids is 1. The van der Waals surface area contributed by atoms with Crippen molar-refractivity contribution in [3.05, 3.63) is 17.5 Å². The summed E-state index contributed by atoms with van der Waals surface area (Å²) in [7, 11) is 0. The van der Waals surface area contributed by atoms with Gasteiger partial charge in [0.15, 0.2) is 0 Å². The molecule has 0 aliphatic rings. The first-order valence-electron chi connectivity index (χ1n) is 5.14. The summed E-state index contributed by atoms with van der Waals surface area (Å²) in [6.07, 6.45) is 0. The highest BCUT2D eigenvalue weighted by Crippen LogP contribution is 2.14. The summed E-state index contributed by atoms with van der Waals surface area (Å²) in [5.74, 6) is 0.214. The molecule has 0 amide bonds. The van der Waals surface area contributed by atoms with E-state index in [0.717, 1.165) is 23.7 Å². The second-order valence-electron chi connectivity index (χ2n) is 3.55. The van der Waals surface area contributed by atoms with Crippen molar-refractivity contribution in [2.24, 2.45) is 5.73 Å². The lowest BCUT2D eigenvalue weighted by molar-refractivity contribution is -0.137. The lowest BCUT2D eigenvalue weighted by Gasteiger charge is -2.07. The van der Waals surface area contributed by atoms with Crippen molar-refractivity contribution >= 4 is 17.7 Å². The van der Waals surface area contributed by atoms with Crippen molar-refractivity contribution < 1.29 is 9.90 Å². The van der Waals surface area contributed by atoms with E-state index in [1.54, 1.807) is 0 Å². The number of hydrogen-bond acceptors (Lipinski definition) is 4. The van der Waals surface area contributed by atoms with Crippen LogP contribution in [-0.2, 0) is 17.1 Å². The number of aryl methyl sites for hydroxylation is 2. The minimum Gasteiger partial charge on any atom is -0.480 e. The number of rotatable bonds is 6. The van der Waals surface area contributed by atoms with Gasteiger partial charge in [-0.3, -0.25) is 9.48 Å². The standard InChI is InChI=1S/C10H17N3O2S/c1-3-13-8(4-7(2)12-13)5-16-6-9(11)10(14)15/h4,9H,3,5-6,11H2,1-2H3,(H,14,15)/t9-/m1/s1. The lowest BCUT2D eigenvalue weighted by Crippen LogP contribution is -2.32. The maximum absolute atomic E-state index is 10.5. The lowest BCUT2D eigenvalue weighted by atomic mass is 10.4. The molecule has 0 aromatic carbocycles. The van der Waals surface area contributed by atoms with Crippen LogP contribution in [0, 0.1) is 6.92 Å². The summed E-state index contributed by atoms with van der Waals surface area (Å²) >= 11 is 1.52. The van der Waals surface area contributed by atoms with E-state index in [0.29, 0.717) is 5.75 Å². The van der Waals surface area contributed by atoms with Gasteiger partial charge in [0.25, 0.3) is 0 Å². The first kappa shape index (κ1) is 13.1. The minimum atomic E-state index is -0.951. The van der Waals surface area contributed by atoms with Crippen molar-refractivity contribution in [2.75, 3.05) is 5.75 Å². The Morgan fingerprint density at radius 2 is 2.44 bits per heavy atom. The van der Waals surface area contributed by atoms with E-state index in [1.165, 1.54) is 11.8 Å². The molecule has 1 aromatic rings. The largest absolute Gasteiger partial charge is 0.480 e. The third-order valence-electron chi connectivity index (χ3n) is 2.15. The molecular formula is C10H17N3O2S. The fourth-order valence-electron chi connectivity index (χ4n) is 1.35. The Morgan fingerprint density at radius 1 is 1.75 bits per heavy atom. The quantitative estimate of drug-likeness (QED) is 0.774. The first-order valence-corrected chi connectivity index (χ1v) is 6.29. The average Bonchev–Trinajstić information content (AvgIpc) is 2.58. The Morgan fingerprint density at radius 3 is 3.00 bits per heavy atom. The number of aromatic nitrogens is 2. The molecule has 1 heterocycles. The summed E-state index contributed by atoms with van der Waals surface area (Å²) in [5.41, 5.74) is 7.51. The number of carbonyl (C=O) groups is 1. The highest BCUT2D eigenvalue weighted by molar-refractivity contribution is 7.98. The Balaban J connectivity index is 2.45. The van der Waals surface area contributed by atoms with Gasteiger partial charge in [0, 0.05) is 23.7 Å². The van der Waals surface area contributed by atoms with Crippen molar-refractivity contribution in [1.82, 2.24) is 9.78 Å². The van der Waals surface area contributed by atoms with Crippen LogP contribution in [0.25, 0.3) is 0 Å². The van der Waals surface area contributed by atoms with Crippen LogP contribution in [0.4, 0.5) is 0 Å². The molecule has 0 fully saturated rings. The van der Waals surface area contributed by atoms with E-state index in [9.17, 15) is 4.79 Å². The Labute approximate surface area is 99.0 Å². The van der Waals surface area contributed by atoms with Crippen LogP contribution in [0.2, 0.25) is 0 Å². The third kappa shape index (κ3) is 3.53. The predicted octanol–water partition coefficient (Wildman–Crippen LogP) is 0.857. The zero-order valence-corrected chi connectivity index (χ0v) is 10.3. The average molecular weight is 243 g/mol. The first-order chi connectivity index (χ1) is 7.54. The second-order valence-corrected chi connectivity index (χ2v) is 4.58. The molecule has 1 aromatic heterocycles. The molecule has 1 atom stereocenters. The predicted molar refractivity (Wildman–Crippen MR) is 64.4 cm³/mol. The van der Waals surface area contributed by atoms with Gasteiger partial charge in [-0.25, -0.2) is 0 Å². The van der Waals surface area contributed by atoms with Gasteiger partial charge in [-0.15, -0.1) is 0 Å². The molecule has 0 aliphatic carbocycles. The Hall–Kier alpha value is -1.01. The van der Waals surface area contributed by atoms with Gasteiger partial charge in [0.05, 0.1) is 5.69 Å². The van der Waals surface area contributed by atoms with Gasteiger partial charge in [0.1, 0.15) is 6.04 Å². The molecule has 0 saturated carbocycles. The number of nitrogens with two attached hydrogens (primary N) is 1. The van der Waals surface area contributed by atoms with Gasteiger partial charge in [-0.1, -0.05) is 0 Å². The van der Waals surface area contributed by atoms with E-state index >= 15 is 0 Å². The van der Waals surface area contributed by atoms with Gasteiger partial charge >= 0.3 is 5.97 Å². The zero-order valence-electron chi connectivity index (χ0n) is 9.51. The molecule has 0 radical (unpaired) electrons. The number of carboxylic acid groups (broad SMARTS) is 1. The van der Waals surface area contributed by atoms with E-state index in [4.69, 9.17) is 10.8 Å². The molecule has 0 aliphatic heterocycles. The number of nitrogens with zero attached hydrogens (tertiary/aromatic N) is 2. The second kappa shape index (κ2) is 5.91. The van der Waals surface area contributed by atoms with Crippen LogP contribution in [0.15, 0.2) is 6.07 Å². The van der Waals surface area contributed by atoms with Gasteiger partial charge in [-0.05, 0) is 19.9 Å². The van der Waals surface area contributed by atoms with Gasteiger partial charge in [0.2, 0.25) is 0 Å². The van der Waals surface area contributed by atoms with Crippen molar-refractivity contribution in [3.8, 4) is 0 Å².